The van der Waals surface area contributed by atoms with Crippen LogP contribution in [0.5, 0.6) is 0 Å². The molecule has 2 N–H and O–H groups in total. The van der Waals surface area contributed by atoms with Crippen molar-refractivity contribution in [2.75, 3.05) is 0 Å². The summed E-state index contributed by atoms with van der Waals surface area (Å²) in [5, 5.41) is 6.58. The maximum absolute atomic E-state index is 12.0. The first-order valence-electron chi connectivity index (χ1n) is 5.32. The Labute approximate surface area is 98.4 Å². The molecule has 0 aliphatic rings. The number of hydrogen-bond acceptors (Lipinski definition) is 4. The van der Waals surface area contributed by atoms with Gasteiger partial charge < -0.3 is 14.8 Å². The zero-order chi connectivity index (χ0) is 12.4. The van der Waals surface area contributed by atoms with E-state index in [1.165, 1.54) is 0 Å². The number of nitrogens with zero attached hydrogens (tertiary/aromatic N) is 2. The van der Waals surface area contributed by atoms with Crippen LogP contribution < -0.4 is 5.32 Å². The van der Waals surface area contributed by atoms with E-state index in [1.54, 1.807) is 26.2 Å². The van der Waals surface area contributed by atoms with Gasteiger partial charge in [0.25, 0.3) is 5.91 Å². The van der Waals surface area contributed by atoms with Crippen LogP contribution in [0.4, 0.5) is 0 Å². The number of hydrogen-bond donors (Lipinski definition) is 2. The fraction of sp³-hybridized carbons (Fsp3) is 0.364. The predicted octanol–water partition coefficient (Wildman–Crippen LogP) is 1.51. The SMILES string of the molecule is Cc1noc(C)c1C(=O)NC(C)c1ncc[nH]1. The van der Waals surface area contributed by atoms with Crippen LogP contribution in [0.3, 0.4) is 0 Å². The van der Waals surface area contributed by atoms with E-state index in [1.807, 2.05) is 6.92 Å². The minimum atomic E-state index is -0.204. The summed E-state index contributed by atoms with van der Waals surface area (Å²) in [6, 6.07) is -0.189. The molecule has 0 aromatic carbocycles. The van der Waals surface area contributed by atoms with E-state index < -0.39 is 0 Å². The van der Waals surface area contributed by atoms with Crippen LogP contribution >= 0.6 is 0 Å². The minimum Gasteiger partial charge on any atom is -0.361 e. The van der Waals surface area contributed by atoms with Gasteiger partial charge in [0.1, 0.15) is 17.1 Å². The van der Waals surface area contributed by atoms with Gasteiger partial charge in [-0.3, -0.25) is 4.79 Å². The number of nitrogens with one attached hydrogen (secondary N) is 2. The number of aromatic amines is 1. The second-order valence-electron chi connectivity index (χ2n) is 3.87. The molecule has 6 nitrogen and oxygen atoms in total. The fourth-order valence-electron chi connectivity index (χ4n) is 1.66. The molecule has 17 heavy (non-hydrogen) atoms. The van der Waals surface area contributed by atoms with Crippen LogP contribution in [0.15, 0.2) is 16.9 Å². The van der Waals surface area contributed by atoms with Crippen LogP contribution in [0.2, 0.25) is 0 Å². The molecular formula is C11H14N4O2. The third-order valence-electron chi connectivity index (χ3n) is 2.54. The Kier molecular flexibility index (Phi) is 2.95. The molecule has 2 aromatic heterocycles. The zero-order valence-electron chi connectivity index (χ0n) is 9.94. The van der Waals surface area contributed by atoms with Crippen LogP contribution in [-0.2, 0) is 0 Å². The molecule has 0 aliphatic heterocycles. The molecule has 2 rings (SSSR count). The summed E-state index contributed by atoms with van der Waals surface area (Å²) in [4.78, 5) is 19.0. The summed E-state index contributed by atoms with van der Waals surface area (Å²) in [6.07, 6.45) is 3.36. The zero-order valence-corrected chi connectivity index (χ0v) is 9.94. The van der Waals surface area contributed by atoms with E-state index in [0.29, 0.717) is 22.8 Å². The van der Waals surface area contributed by atoms with E-state index in [9.17, 15) is 4.79 Å². The largest absolute Gasteiger partial charge is 0.361 e. The Hall–Kier alpha value is -2.11. The van der Waals surface area contributed by atoms with Crippen LogP contribution in [0, 0.1) is 13.8 Å². The van der Waals surface area contributed by atoms with Gasteiger partial charge in [0.05, 0.1) is 11.7 Å². The Morgan fingerprint density at radius 1 is 1.53 bits per heavy atom. The van der Waals surface area contributed by atoms with E-state index >= 15 is 0 Å². The van der Waals surface area contributed by atoms with E-state index in [2.05, 4.69) is 20.4 Å². The maximum atomic E-state index is 12.0. The summed E-state index contributed by atoms with van der Waals surface area (Å²) in [5.74, 6) is 1.03. The van der Waals surface area contributed by atoms with Crippen molar-refractivity contribution in [1.29, 1.82) is 0 Å². The smallest absolute Gasteiger partial charge is 0.257 e. The number of carbonyl (C=O) groups is 1. The fourth-order valence-corrected chi connectivity index (χ4v) is 1.66. The lowest BCUT2D eigenvalue weighted by Crippen LogP contribution is -2.28. The molecule has 1 amide bonds. The number of rotatable bonds is 3. The second-order valence-corrected chi connectivity index (χ2v) is 3.87. The van der Waals surface area contributed by atoms with Gasteiger partial charge in [-0.1, -0.05) is 5.16 Å². The molecule has 1 atom stereocenters. The Morgan fingerprint density at radius 2 is 2.29 bits per heavy atom. The summed E-state index contributed by atoms with van der Waals surface area (Å²) < 4.78 is 4.95. The van der Waals surface area contributed by atoms with Crippen LogP contribution in [0.25, 0.3) is 0 Å². The predicted molar refractivity (Wildman–Crippen MR) is 60.4 cm³/mol. The lowest BCUT2D eigenvalue weighted by molar-refractivity contribution is 0.0936. The quantitative estimate of drug-likeness (QED) is 0.843. The third-order valence-corrected chi connectivity index (χ3v) is 2.54. The highest BCUT2D eigenvalue weighted by atomic mass is 16.5. The summed E-state index contributed by atoms with van der Waals surface area (Å²) >= 11 is 0. The van der Waals surface area contributed by atoms with Gasteiger partial charge in [-0.25, -0.2) is 4.98 Å². The topological polar surface area (TPSA) is 83.8 Å². The Bertz CT molecular complexity index is 496. The number of aryl methyl sites for hydroxylation is 2. The van der Waals surface area contributed by atoms with Crippen molar-refractivity contribution in [2.24, 2.45) is 0 Å². The van der Waals surface area contributed by atoms with E-state index in [0.717, 1.165) is 0 Å². The van der Waals surface area contributed by atoms with Crippen LogP contribution in [-0.4, -0.2) is 21.0 Å². The molecule has 0 saturated heterocycles. The molecular weight excluding hydrogens is 220 g/mol. The lowest BCUT2D eigenvalue weighted by atomic mass is 10.2. The normalized spacial score (nSPS) is 12.4. The molecule has 0 radical (unpaired) electrons. The summed E-state index contributed by atoms with van der Waals surface area (Å²) in [6.45, 7) is 5.31. The Morgan fingerprint density at radius 3 is 2.82 bits per heavy atom. The number of carbonyl (C=O) groups excluding carboxylic acids is 1. The molecule has 0 aliphatic carbocycles. The van der Waals surface area contributed by atoms with Gasteiger partial charge in [-0.15, -0.1) is 0 Å². The molecule has 1 unspecified atom stereocenters. The lowest BCUT2D eigenvalue weighted by Gasteiger charge is -2.10. The van der Waals surface area contributed by atoms with Gasteiger partial charge in [0, 0.05) is 12.4 Å². The highest BCUT2D eigenvalue weighted by Crippen LogP contribution is 2.14. The molecule has 0 bridgehead atoms. The van der Waals surface area contributed by atoms with Crippen LogP contribution in [0.1, 0.15) is 40.6 Å². The van der Waals surface area contributed by atoms with Crippen molar-refractivity contribution in [3.63, 3.8) is 0 Å². The number of amides is 1. The molecule has 0 spiro atoms. The highest BCUT2D eigenvalue weighted by molar-refractivity contribution is 5.96. The standard InChI is InChI=1S/C11H14N4O2/c1-6-9(8(3)17-15-6)11(16)14-7(2)10-12-4-5-13-10/h4-5,7H,1-3H3,(H,12,13)(H,14,16). The summed E-state index contributed by atoms with van der Waals surface area (Å²) in [5.41, 5.74) is 1.08. The second kappa shape index (κ2) is 4.40. The minimum absolute atomic E-state index is 0.189. The molecule has 2 aromatic rings. The van der Waals surface area contributed by atoms with Gasteiger partial charge in [-0.05, 0) is 20.8 Å². The average Bonchev–Trinajstić information content (AvgIpc) is 2.88. The van der Waals surface area contributed by atoms with Gasteiger partial charge >= 0.3 is 0 Å². The molecule has 90 valence electrons. The number of H-pyrrole nitrogens is 1. The molecule has 0 saturated carbocycles. The number of imidazole rings is 1. The monoisotopic (exact) mass is 234 g/mol. The van der Waals surface area contributed by atoms with E-state index in [4.69, 9.17) is 4.52 Å². The first kappa shape index (κ1) is 11.4. The van der Waals surface area contributed by atoms with Gasteiger partial charge in [0.15, 0.2) is 0 Å². The highest BCUT2D eigenvalue weighted by Gasteiger charge is 2.20. The average molecular weight is 234 g/mol. The maximum Gasteiger partial charge on any atom is 0.257 e. The van der Waals surface area contributed by atoms with Crippen molar-refractivity contribution >= 4 is 5.91 Å². The Balaban J connectivity index is 2.12. The van der Waals surface area contributed by atoms with E-state index in [-0.39, 0.29) is 11.9 Å². The van der Waals surface area contributed by atoms with Crippen molar-refractivity contribution < 1.29 is 9.32 Å². The molecule has 6 heteroatoms. The molecule has 2 heterocycles. The van der Waals surface area contributed by atoms with Gasteiger partial charge in [-0.2, -0.15) is 0 Å². The molecule has 0 fully saturated rings. The number of aromatic nitrogens is 3. The van der Waals surface area contributed by atoms with Gasteiger partial charge in [0.2, 0.25) is 0 Å². The third kappa shape index (κ3) is 2.20. The first-order valence-corrected chi connectivity index (χ1v) is 5.32. The van der Waals surface area contributed by atoms with Crippen molar-refractivity contribution in [3.05, 3.63) is 35.2 Å². The van der Waals surface area contributed by atoms with Crippen molar-refractivity contribution in [1.82, 2.24) is 20.4 Å². The first-order chi connectivity index (χ1) is 8.09. The summed E-state index contributed by atoms with van der Waals surface area (Å²) in [7, 11) is 0. The van der Waals surface area contributed by atoms with Crippen molar-refractivity contribution in [2.45, 2.75) is 26.8 Å². The van der Waals surface area contributed by atoms with Crippen molar-refractivity contribution in [3.8, 4) is 0 Å².